The predicted octanol–water partition coefficient (Wildman–Crippen LogP) is 3.64. The Morgan fingerprint density at radius 3 is 2.92 bits per heavy atom. The Morgan fingerprint density at radius 1 is 1.12 bits per heavy atom. The first-order valence-electron chi connectivity index (χ1n) is 7.95. The molecule has 126 valence electrons. The third kappa shape index (κ3) is 3.47. The highest BCUT2D eigenvalue weighted by atomic mass is 16.7. The molecule has 0 aliphatic carbocycles. The van der Waals surface area contributed by atoms with Crippen molar-refractivity contribution in [3.8, 4) is 22.8 Å². The van der Waals surface area contributed by atoms with Crippen molar-refractivity contribution in [2.45, 2.75) is 12.8 Å². The van der Waals surface area contributed by atoms with Crippen LogP contribution in [0.25, 0.3) is 11.3 Å². The lowest BCUT2D eigenvalue weighted by Crippen LogP contribution is -2.12. The van der Waals surface area contributed by atoms with Crippen LogP contribution in [0.15, 0.2) is 59.5 Å². The monoisotopic (exact) mass is 336 g/mol. The first-order chi connectivity index (χ1) is 12.3. The van der Waals surface area contributed by atoms with E-state index in [1.807, 2.05) is 42.5 Å². The van der Waals surface area contributed by atoms with Crippen LogP contribution >= 0.6 is 0 Å². The van der Waals surface area contributed by atoms with Crippen LogP contribution in [-0.4, -0.2) is 17.7 Å². The van der Waals surface area contributed by atoms with E-state index in [0.717, 1.165) is 28.3 Å². The van der Waals surface area contributed by atoms with Crippen molar-refractivity contribution in [3.63, 3.8) is 0 Å². The van der Waals surface area contributed by atoms with Crippen LogP contribution in [0, 0.1) is 0 Å². The number of hydrogen-bond donors (Lipinski definition) is 1. The van der Waals surface area contributed by atoms with Gasteiger partial charge in [0.05, 0.1) is 6.20 Å². The maximum Gasteiger partial charge on any atom is 0.231 e. The zero-order chi connectivity index (χ0) is 17.1. The highest BCUT2D eigenvalue weighted by Gasteiger charge is 2.13. The molecule has 25 heavy (non-hydrogen) atoms. The van der Waals surface area contributed by atoms with Gasteiger partial charge in [0.1, 0.15) is 0 Å². The maximum absolute atomic E-state index is 12.2. The number of oxazole rings is 1. The van der Waals surface area contributed by atoms with Crippen molar-refractivity contribution in [2.75, 3.05) is 12.1 Å². The third-order valence-electron chi connectivity index (χ3n) is 3.94. The number of nitrogens with zero attached hydrogens (tertiary/aromatic N) is 1. The Morgan fingerprint density at radius 2 is 2.04 bits per heavy atom. The molecule has 0 atom stereocenters. The Balaban J connectivity index is 1.37. The van der Waals surface area contributed by atoms with E-state index in [-0.39, 0.29) is 12.7 Å². The van der Waals surface area contributed by atoms with Crippen molar-refractivity contribution in [3.05, 3.63) is 60.6 Å². The molecule has 0 saturated heterocycles. The molecular formula is C19H16N2O4. The number of carbonyl (C=O) groups is 1. The standard InChI is InChI=1S/C19H16N2O4/c22-19(7-5-13-4-6-16-17(8-13)25-12-24-16)21-15-3-1-2-14(9-15)18-10-20-11-23-18/h1-4,6,8-11H,5,7,12H2,(H,21,22). The van der Waals surface area contributed by atoms with Gasteiger partial charge >= 0.3 is 0 Å². The second-order valence-corrected chi connectivity index (χ2v) is 5.68. The van der Waals surface area contributed by atoms with Crippen LogP contribution in [0.2, 0.25) is 0 Å². The normalized spacial score (nSPS) is 12.2. The molecule has 4 rings (SSSR count). The highest BCUT2D eigenvalue weighted by Crippen LogP contribution is 2.32. The zero-order valence-electron chi connectivity index (χ0n) is 13.4. The number of ether oxygens (including phenoxy) is 2. The molecule has 0 unspecified atom stereocenters. The zero-order valence-corrected chi connectivity index (χ0v) is 13.4. The van der Waals surface area contributed by atoms with Gasteiger partial charge in [0.15, 0.2) is 23.7 Å². The van der Waals surface area contributed by atoms with Gasteiger partial charge in [0, 0.05) is 17.7 Å². The second-order valence-electron chi connectivity index (χ2n) is 5.68. The van der Waals surface area contributed by atoms with E-state index < -0.39 is 0 Å². The molecule has 1 amide bonds. The van der Waals surface area contributed by atoms with E-state index in [2.05, 4.69) is 10.3 Å². The Kier molecular flexibility index (Phi) is 4.08. The molecule has 3 aromatic rings. The summed E-state index contributed by atoms with van der Waals surface area (Å²) in [5.74, 6) is 2.10. The number of fused-ring (bicyclic) bond motifs is 1. The summed E-state index contributed by atoms with van der Waals surface area (Å²) in [5, 5.41) is 2.91. The maximum atomic E-state index is 12.2. The van der Waals surface area contributed by atoms with Crippen LogP contribution in [0.3, 0.4) is 0 Å². The third-order valence-corrected chi connectivity index (χ3v) is 3.94. The Hall–Kier alpha value is -3.28. The van der Waals surface area contributed by atoms with Crippen molar-refractivity contribution in [1.29, 1.82) is 0 Å². The lowest BCUT2D eigenvalue weighted by molar-refractivity contribution is -0.116. The highest BCUT2D eigenvalue weighted by molar-refractivity contribution is 5.91. The summed E-state index contributed by atoms with van der Waals surface area (Å²) in [7, 11) is 0. The molecule has 0 radical (unpaired) electrons. The lowest BCUT2D eigenvalue weighted by atomic mass is 10.1. The summed E-state index contributed by atoms with van der Waals surface area (Å²) in [6, 6.07) is 13.2. The van der Waals surface area contributed by atoms with Gasteiger partial charge in [-0.1, -0.05) is 18.2 Å². The molecule has 2 aromatic carbocycles. The van der Waals surface area contributed by atoms with Gasteiger partial charge in [-0.3, -0.25) is 4.79 Å². The summed E-state index contributed by atoms with van der Waals surface area (Å²) >= 11 is 0. The van der Waals surface area contributed by atoms with Gasteiger partial charge in [-0.25, -0.2) is 4.98 Å². The SMILES string of the molecule is O=C(CCc1ccc2c(c1)OCO2)Nc1cccc(-c2cnco2)c1. The second kappa shape index (κ2) is 6.68. The number of hydrogen-bond acceptors (Lipinski definition) is 5. The van der Waals surface area contributed by atoms with Crippen molar-refractivity contribution in [1.82, 2.24) is 4.98 Å². The van der Waals surface area contributed by atoms with E-state index in [9.17, 15) is 4.79 Å². The average molecular weight is 336 g/mol. The van der Waals surface area contributed by atoms with Crippen LogP contribution in [-0.2, 0) is 11.2 Å². The lowest BCUT2D eigenvalue weighted by Gasteiger charge is -2.07. The average Bonchev–Trinajstić information content (AvgIpc) is 3.31. The van der Waals surface area contributed by atoms with Gasteiger partial charge in [-0.15, -0.1) is 0 Å². The first kappa shape index (κ1) is 15.3. The quantitative estimate of drug-likeness (QED) is 0.770. The van der Waals surface area contributed by atoms with E-state index in [1.54, 1.807) is 6.20 Å². The molecule has 1 N–H and O–H groups in total. The summed E-state index contributed by atoms with van der Waals surface area (Å²) in [5.41, 5.74) is 2.63. The smallest absolute Gasteiger partial charge is 0.231 e. The van der Waals surface area contributed by atoms with Crippen LogP contribution in [0.4, 0.5) is 5.69 Å². The predicted molar refractivity (Wildman–Crippen MR) is 91.5 cm³/mol. The number of benzene rings is 2. The van der Waals surface area contributed by atoms with E-state index in [0.29, 0.717) is 18.6 Å². The van der Waals surface area contributed by atoms with E-state index in [1.165, 1.54) is 6.39 Å². The summed E-state index contributed by atoms with van der Waals surface area (Å²) in [6.45, 7) is 0.251. The minimum atomic E-state index is -0.0487. The summed E-state index contributed by atoms with van der Waals surface area (Å²) in [4.78, 5) is 16.1. The number of nitrogens with one attached hydrogen (secondary N) is 1. The van der Waals surface area contributed by atoms with Gasteiger partial charge < -0.3 is 19.2 Å². The summed E-state index contributed by atoms with van der Waals surface area (Å²) in [6.07, 6.45) is 4.03. The molecule has 0 fully saturated rings. The number of aromatic nitrogens is 1. The number of rotatable bonds is 5. The molecule has 0 bridgehead atoms. The molecule has 6 heteroatoms. The van der Waals surface area contributed by atoms with E-state index >= 15 is 0 Å². The van der Waals surface area contributed by atoms with Crippen LogP contribution in [0.1, 0.15) is 12.0 Å². The number of carbonyl (C=O) groups excluding carboxylic acids is 1. The van der Waals surface area contributed by atoms with Crippen LogP contribution in [0.5, 0.6) is 11.5 Å². The molecule has 2 heterocycles. The minimum absolute atomic E-state index is 0.0487. The van der Waals surface area contributed by atoms with Gasteiger partial charge in [0.25, 0.3) is 0 Å². The Bertz CT molecular complexity index is 890. The topological polar surface area (TPSA) is 73.6 Å². The number of amides is 1. The number of anilines is 1. The molecule has 0 saturated carbocycles. The van der Waals surface area contributed by atoms with Crippen molar-refractivity contribution < 1.29 is 18.7 Å². The largest absolute Gasteiger partial charge is 0.454 e. The van der Waals surface area contributed by atoms with Crippen LogP contribution < -0.4 is 14.8 Å². The molecular weight excluding hydrogens is 320 g/mol. The van der Waals surface area contributed by atoms with Gasteiger partial charge in [0.2, 0.25) is 12.7 Å². The first-order valence-corrected chi connectivity index (χ1v) is 7.95. The number of aryl methyl sites for hydroxylation is 1. The Labute approximate surface area is 144 Å². The fourth-order valence-corrected chi connectivity index (χ4v) is 2.69. The van der Waals surface area contributed by atoms with Gasteiger partial charge in [-0.2, -0.15) is 0 Å². The molecule has 1 aliphatic heterocycles. The van der Waals surface area contributed by atoms with Gasteiger partial charge in [-0.05, 0) is 36.2 Å². The van der Waals surface area contributed by atoms with E-state index in [4.69, 9.17) is 13.9 Å². The molecule has 6 nitrogen and oxygen atoms in total. The van der Waals surface area contributed by atoms with Crippen molar-refractivity contribution >= 4 is 11.6 Å². The molecule has 1 aromatic heterocycles. The minimum Gasteiger partial charge on any atom is -0.454 e. The summed E-state index contributed by atoms with van der Waals surface area (Å²) < 4.78 is 15.9. The molecule has 0 spiro atoms. The fraction of sp³-hybridized carbons (Fsp3) is 0.158. The fourth-order valence-electron chi connectivity index (χ4n) is 2.69. The molecule has 1 aliphatic rings. The van der Waals surface area contributed by atoms with Crippen molar-refractivity contribution in [2.24, 2.45) is 0 Å².